The number of hydrogen-bond acceptors (Lipinski definition) is 4. The van der Waals surface area contributed by atoms with Crippen molar-refractivity contribution in [1.29, 1.82) is 0 Å². The Morgan fingerprint density at radius 2 is 2.05 bits per heavy atom. The van der Waals surface area contributed by atoms with Crippen molar-refractivity contribution in [1.82, 2.24) is 15.1 Å². The Kier molecular flexibility index (Phi) is 4.99. The van der Waals surface area contributed by atoms with Crippen LogP contribution in [-0.4, -0.2) is 73.6 Å². The quantitative estimate of drug-likeness (QED) is 0.728. The van der Waals surface area contributed by atoms with Crippen LogP contribution in [0.3, 0.4) is 0 Å². The highest BCUT2D eigenvalue weighted by Gasteiger charge is 2.46. The maximum Gasteiger partial charge on any atom is 0.240 e. The number of piperidine rings is 1. The van der Waals surface area contributed by atoms with Crippen LogP contribution in [0.4, 0.5) is 0 Å². The minimum Gasteiger partial charge on any atom is -0.381 e. The molecule has 20 heavy (non-hydrogen) atoms. The first-order valence-electron chi connectivity index (χ1n) is 7.45. The van der Waals surface area contributed by atoms with E-state index in [1.807, 2.05) is 18.9 Å². The number of ether oxygens (including phenoxy) is 1. The number of likely N-dealkylation sites (N-methyl/N-ethyl adjacent to an activating group) is 1. The second kappa shape index (κ2) is 6.54. The average Bonchev–Trinajstić information content (AvgIpc) is 2.46. The van der Waals surface area contributed by atoms with Crippen LogP contribution in [0.5, 0.6) is 0 Å². The van der Waals surface area contributed by atoms with Gasteiger partial charge in [-0.15, -0.1) is 0 Å². The standard InChI is InChI=1S/C14H25N3O3/c1-3-20-11-4-12(18)17-8-5-14(6-9-17)13(19)15-7-10-16(14)2/h3-11H2,1-2H3,(H,15,19). The number of carbonyl (C=O) groups excluding carboxylic acids is 2. The Labute approximate surface area is 120 Å². The fraction of sp³-hybridized carbons (Fsp3) is 0.857. The van der Waals surface area contributed by atoms with Crippen LogP contribution in [0.15, 0.2) is 0 Å². The molecule has 2 heterocycles. The zero-order valence-corrected chi connectivity index (χ0v) is 12.5. The molecule has 0 aliphatic carbocycles. The molecule has 2 aliphatic heterocycles. The van der Waals surface area contributed by atoms with E-state index in [9.17, 15) is 9.59 Å². The summed E-state index contributed by atoms with van der Waals surface area (Å²) in [5.74, 6) is 0.250. The second-order valence-electron chi connectivity index (χ2n) is 5.54. The fourth-order valence-corrected chi connectivity index (χ4v) is 3.09. The Bertz CT molecular complexity index is 365. The number of nitrogens with zero attached hydrogens (tertiary/aromatic N) is 2. The van der Waals surface area contributed by atoms with Gasteiger partial charge in [0.25, 0.3) is 0 Å². The third-order valence-electron chi connectivity index (χ3n) is 4.49. The molecule has 6 nitrogen and oxygen atoms in total. The lowest BCUT2D eigenvalue weighted by Gasteiger charge is -2.48. The molecule has 2 fully saturated rings. The molecule has 0 aromatic rings. The summed E-state index contributed by atoms with van der Waals surface area (Å²) < 4.78 is 5.22. The van der Waals surface area contributed by atoms with Gasteiger partial charge in [-0.3, -0.25) is 14.5 Å². The molecular formula is C14H25N3O3. The van der Waals surface area contributed by atoms with E-state index in [0.717, 1.165) is 19.4 Å². The van der Waals surface area contributed by atoms with Crippen LogP contribution in [0.25, 0.3) is 0 Å². The van der Waals surface area contributed by atoms with Gasteiger partial charge in [0.2, 0.25) is 11.8 Å². The summed E-state index contributed by atoms with van der Waals surface area (Å²) in [7, 11) is 2.01. The van der Waals surface area contributed by atoms with Crippen molar-refractivity contribution in [3.63, 3.8) is 0 Å². The Balaban J connectivity index is 1.88. The van der Waals surface area contributed by atoms with Gasteiger partial charge in [-0.1, -0.05) is 0 Å². The molecule has 114 valence electrons. The third kappa shape index (κ3) is 2.96. The molecular weight excluding hydrogens is 258 g/mol. The molecule has 0 saturated carbocycles. The largest absolute Gasteiger partial charge is 0.381 e. The molecule has 0 radical (unpaired) electrons. The van der Waals surface area contributed by atoms with Crippen molar-refractivity contribution in [2.24, 2.45) is 0 Å². The smallest absolute Gasteiger partial charge is 0.240 e. The van der Waals surface area contributed by atoms with Gasteiger partial charge in [0, 0.05) is 32.8 Å². The lowest BCUT2D eigenvalue weighted by atomic mass is 9.83. The fourth-order valence-electron chi connectivity index (χ4n) is 3.09. The summed E-state index contributed by atoms with van der Waals surface area (Å²) in [6.07, 6.45) is 1.87. The SMILES string of the molecule is CCOCCC(=O)N1CCC2(CC1)C(=O)NCCN2C. The monoisotopic (exact) mass is 283 g/mol. The summed E-state index contributed by atoms with van der Waals surface area (Å²) >= 11 is 0. The van der Waals surface area contributed by atoms with Crippen LogP contribution < -0.4 is 5.32 Å². The van der Waals surface area contributed by atoms with E-state index in [4.69, 9.17) is 4.74 Å². The van der Waals surface area contributed by atoms with Crippen LogP contribution in [0.1, 0.15) is 26.2 Å². The first kappa shape index (κ1) is 15.3. The van der Waals surface area contributed by atoms with Gasteiger partial charge in [-0.25, -0.2) is 0 Å². The van der Waals surface area contributed by atoms with Gasteiger partial charge in [-0.2, -0.15) is 0 Å². The first-order chi connectivity index (χ1) is 9.60. The van der Waals surface area contributed by atoms with Crippen LogP contribution in [-0.2, 0) is 14.3 Å². The van der Waals surface area contributed by atoms with Crippen LogP contribution in [0, 0.1) is 0 Å². The molecule has 1 N–H and O–H groups in total. The van der Waals surface area contributed by atoms with E-state index in [-0.39, 0.29) is 11.8 Å². The normalized spacial score (nSPS) is 22.9. The number of amides is 2. The Morgan fingerprint density at radius 1 is 1.35 bits per heavy atom. The summed E-state index contributed by atoms with van der Waals surface area (Å²) in [5.41, 5.74) is -0.408. The number of rotatable bonds is 4. The second-order valence-corrected chi connectivity index (χ2v) is 5.54. The molecule has 2 rings (SSSR count). The molecule has 0 aromatic heterocycles. The first-order valence-corrected chi connectivity index (χ1v) is 7.45. The molecule has 0 bridgehead atoms. The van der Waals surface area contributed by atoms with Gasteiger partial charge >= 0.3 is 0 Å². The third-order valence-corrected chi connectivity index (χ3v) is 4.49. The number of hydrogen-bond donors (Lipinski definition) is 1. The van der Waals surface area contributed by atoms with Gasteiger partial charge in [0.1, 0.15) is 5.54 Å². The predicted molar refractivity (Wildman–Crippen MR) is 75.3 cm³/mol. The lowest BCUT2D eigenvalue weighted by molar-refractivity contribution is -0.145. The average molecular weight is 283 g/mol. The summed E-state index contributed by atoms with van der Waals surface area (Å²) in [6.45, 7) is 5.95. The predicted octanol–water partition coefficient (Wildman–Crippen LogP) is -0.164. The summed E-state index contributed by atoms with van der Waals surface area (Å²) in [6, 6.07) is 0. The zero-order valence-electron chi connectivity index (χ0n) is 12.5. The van der Waals surface area contributed by atoms with Gasteiger partial charge in [-0.05, 0) is 26.8 Å². The van der Waals surface area contributed by atoms with Gasteiger partial charge in [0.15, 0.2) is 0 Å². The van der Waals surface area contributed by atoms with Crippen molar-refractivity contribution in [3.8, 4) is 0 Å². The van der Waals surface area contributed by atoms with Gasteiger partial charge in [0.05, 0.1) is 13.0 Å². The zero-order chi connectivity index (χ0) is 14.6. The maximum absolute atomic E-state index is 12.2. The highest BCUT2D eigenvalue weighted by molar-refractivity contribution is 5.87. The van der Waals surface area contributed by atoms with E-state index in [1.165, 1.54) is 0 Å². The topological polar surface area (TPSA) is 61.9 Å². The van der Waals surface area contributed by atoms with E-state index in [0.29, 0.717) is 39.3 Å². The van der Waals surface area contributed by atoms with E-state index < -0.39 is 5.54 Å². The van der Waals surface area contributed by atoms with Crippen molar-refractivity contribution in [2.75, 3.05) is 46.4 Å². The minimum absolute atomic E-state index is 0.118. The highest BCUT2D eigenvalue weighted by Crippen LogP contribution is 2.30. The number of piperazine rings is 1. The highest BCUT2D eigenvalue weighted by atomic mass is 16.5. The van der Waals surface area contributed by atoms with E-state index in [1.54, 1.807) is 0 Å². The molecule has 6 heteroatoms. The number of nitrogens with one attached hydrogen (secondary N) is 1. The molecule has 2 amide bonds. The molecule has 2 aliphatic rings. The van der Waals surface area contributed by atoms with Crippen LogP contribution in [0.2, 0.25) is 0 Å². The molecule has 0 atom stereocenters. The molecule has 2 saturated heterocycles. The number of carbonyl (C=O) groups is 2. The lowest BCUT2D eigenvalue weighted by Crippen LogP contribution is -2.67. The number of likely N-dealkylation sites (tertiary alicyclic amines) is 1. The van der Waals surface area contributed by atoms with Gasteiger partial charge < -0.3 is 15.0 Å². The van der Waals surface area contributed by atoms with Crippen molar-refractivity contribution in [2.45, 2.75) is 31.7 Å². The Hall–Kier alpha value is -1.14. The molecule has 1 spiro atoms. The van der Waals surface area contributed by atoms with Crippen molar-refractivity contribution < 1.29 is 14.3 Å². The summed E-state index contributed by atoms with van der Waals surface area (Å²) in [4.78, 5) is 28.2. The summed E-state index contributed by atoms with van der Waals surface area (Å²) in [5, 5.41) is 2.95. The van der Waals surface area contributed by atoms with E-state index >= 15 is 0 Å². The molecule has 0 aromatic carbocycles. The Morgan fingerprint density at radius 3 is 2.65 bits per heavy atom. The maximum atomic E-state index is 12.2. The van der Waals surface area contributed by atoms with Crippen molar-refractivity contribution >= 4 is 11.8 Å². The van der Waals surface area contributed by atoms with E-state index in [2.05, 4.69) is 10.2 Å². The van der Waals surface area contributed by atoms with Crippen LogP contribution >= 0.6 is 0 Å². The molecule has 0 unspecified atom stereocenters. The minimum atomic E-state index is -0.408. The van der Waals surface area contributed by atoms with Crippen molar-refractivity contribution in [3.05, 3.63) is 0 Å².